The molecule has 0 unspecified atom stereocenters. The summed E-state index contributed by atoms with van der Waals surface area (Å²) in [5.41, 5.74) is 2.30. The summed E-state index contributed by atoms with van der Waals surface area (Å²) in [7, 11) is 0. The lowest BCUT2D eigenvalue weighted by molar-refractivity contribution is -0.138. The van der Waals surface area contributed by atoms with E-state index in [1.807, 2.05) is 17.0 Å². The molecule has 7 nitrogen and oxygen atoms in total. The van der Waals surface area contributed by atoms with Gasteiger partial charge >= 0.3 is 12.0 Å². The van der Waals surface area contributed by atoms with E-state index < -0.39 is 5.97 Å². The minimum Gasteiger partial charge on any atom is -0.480 e. The molecule has 3 rings (SSSR count). The molecule has 0 spiro atoms. The second kappa shape index (κ2) is 7.65. The van der Waals surface area contributed by atoms with Crippen LogP contribution in [0.1, 0.15) is 36.3 Å². The van der Waals surface area contributed by atoms with Crippen LogP contribution in [0.5, 0.6) is 0 Å². The molecule has 0 bridgehead atoms. The first-order chi connectivity index (χ1) is 12.0. The second-order valence-electron chi connectivity index (χ2n) is 6.71. The van der Waals surface area contributed by atoms with E-state index in [2.05, 4.69) is 17.4 Å². The quantitative estimate of drug-likeness (QED) is 0.842. The number of carbonyl (C=O) groups is 3. The highest BCUT2D eigenvalue weighted by Gasteiger charge is 2.24. The molecule has 2 N–H and O–H groups in total. The summed E-state index contributed by atoms with van der Waals surface area (Å²) in [6, 6.07) is 7.93. The molecule has 0 saturated carbocycles. The molecule has 2 fully saturated rings. The standard InChI is InChI=1S/C18H23N3O4/c22-16-7-10-21(18(25)19-16)11-13-1-3-14(4-2-13)15-5-8-20(9-6-15)12-17(23)24/h1-4,15H,5-12H2,(H,23,24)(H,19,22,25). The first-order valence-electron chi connectivity index (χ1n) is 8.63. The number of nitrogens with zero attached hydrogens (tertiary/aromatic N) is 2. The van der Waals surface area contributed by atoms with Crippen molar-refractivity contribution in [2.75, 3.05) is 26.2 Å². The number of likely N-dealkylation sites (tertiary alicyclic amines) is 1. The minimum absolute atomic E-state index is 0.117. The van der Waals surface area contributed by atoms with E-state index in [-0.39, 0.29) is 18.5 Å². The molecule has 134 valence electrons. The molecule has 0 atom stereocenters. The van der Waals surface area contributed by atoms with Crippen molar-refractivity contribution in [3.63, 3.8) is 0 Å². The fraction of sp³-hybridized carbons (Fsp3) is 0.500. The number of hydrogen-bond acceptors (Lipinski definition) is 4. The Morgan fingerprint density at radius 2 is 1.80 bits per heavy atom. The van der Waals surface area contributed by atoms with Gasteiger partial charge in [-0.2, -0.15) is 0 Å². The van der Waals surface area contributed by atoms with Crippen LogP contribution < -0.4 is 5.32 Å². The van der Waals surface area contributed by atoms with Gasteiger partial charge in [0.05, 0.1) is 6.54 Å². The maximum absolute atomic E-state index is 11.8. The molecule has 0 aromatic heterocycles. The number of carboxylic acids is 1. The van der Waals surface area contributed by atoms with Gasteiger partial charge in [0.25, 0.3) is 0 Å². The van der Waals surface area contributed by atoms with Crippen molar-refractivity contribution in [2.24, 2.45) is 0 Å². The lowest BCUT2D eigenvalue weighted by atomic mass is 9.89. The highest BCUT2D eigenvalue weighted by molar-refractivity contribution is 5.96. The number of benzene rings is 1. The number of piperidine rings is 1. The molecule has 2 saturated heterocycles. The predicted molar refractivity (Wildman–Crippen MR) is 91.1 cm³/mol. The van der Waals surface area contributed by atoms with E-state index in [9.17, 15) is 14.4 Å². The van der Waals surface area contributed by atoms with Gasteiger partial charge in [-0.25, -0.2) is 4.79 Å². The maximum atomic E-state index is 11.8. The number of carbonyl (C=O) groups excluding carboxylic acids is 2. The molecule has 3 amide bonds. The third-order valence-corrected chi connectivity index (χ3v) is 4.91. The van der Waals surface area contributed by atoms with E-state index >= 15 is 0 Å². The zero-order chi connectivity index (χ0) is 17.8. The van der Waals surface area contributed by atoms with Gasteiger partial charge in [-0.1, -0.05) is 24.3 Å². The SMILES string of the molecule is O=C(O)CN1CCC(c2ccc(CN3CCC(=O)NC3=O)cc2)CC1. The Balaban J connectivity index is 1.53. The average Bonchev–Trinajstić information content (AvgIpc) is 2.58. The van der Waals surface area contributed by atoms with E-state index in [1.54, 1.807) is 4.90 Å². The monoisotopic (exact) mass is 345 g/mol. The number of imide groups is 1. The van der Waals surface area contributed by atoms with Crippen LogP contribution in [0.25, 0.3) is 0 Å². The van der Waals surface area contributed by atoms with E-state index in [0.29, 0.717) is 25.4 Å². The number of hydrogen-bond donors (Lipinski definition) is 2. The summed E-state index contributed by atoms with van der Waals surface area (Å²) < 4.78 is 0. The van der Waals surface area contributed by atoms with Crippen molar-refractivity contribution in [1.29, 1.82) is 0 Å². The summed E-state index contributed by atoms with van der Waals surface area (Å²) in [4.78, 5) is 37.3. The molecule has 1 aromatic rings. The van der Waals surface area contributed by atoms with Gasteiger partial charge in [0.15, 0.2) is 0 Å². The van der Waals surface area contributed by atoms with Crippen molar-refractivity contribution in [3.8, 4) is 0 Å². The molecule has 2 aliphatic rings. The predicted octanol–water partition coefficient (Wildman–Crippen LogP) is 1.39. The zero-order valence-electron chi connectivity index (χ0n) is 14.1. The molecule has 25 heavy (non-hydrogen) atoms. The Morgan fingerprint density at radius 1 is 1.12 bits per heavy atom. The normalized spacial score (nSPS) is 19.8. The van der Waals surface area contributed by atoms with E-state index in [1.165, 1.54) is 5.56 Å². The smallest absolute Gasteiger partial charge is 0.324 e. The number of nitrogens with one attached hydrogen (secondary N) is 1. The summed E-state index contributed by atoms with van der Waals surface area (Å²) in [6.45, 7) is 2.68. The number of aliphatic carboxylic acids is 1. The van der Waals surface area contributed by atoms with Crippen molar-refractivity contribution in [2.45, 2.75) is 31.7 Å². The Labute approximate surface area is 146 Å². The van der Waals surface area contributed by atoms with Crippen molar-refractivity contribution >= 4 is 17.9 Å². The van der Waals surface area contributed by atoms with Crippen molar-refractivity contribution in [3.05, 3.63) is 35.4 Å². The van der Waals surface area contributed by atoms with Gasteiger partial charge in [-0.3, -0.25) is 19.8 Å². The maximum Gasteiger partial charge on any atom is 0.324 e. The molecule has 1 aromatic carbocycles. The average molecular weight is 345 g/mol. The number of urea groups is 1. The molecular weight excluding hydrogens is 322 g/mol. The van der Waals surface area contributed by atoms with Crippen LogP contribution in [0.2, 0.25) is 0 Å². The Bertz CT molecular complexity index is 651. The molecule has 7 heteroatoms. The van der Waals surface area contributed by atoms with E-state index in [4.69, 9.17) is 5.11 Å². The van der Waals surface area contributed by atoms with Crippen molar-refractivity contribution < 1.29 is 19.5 Å². The van der Waals surface area contributed by atoms with Gasteiger partial charge in [0, 0.05) is 19.5 Å². The topological polar surface area (TPSA) is 89.9 Å². The van der Waals surface area contributed by atoms with Gasteiger partial charge in [-0.15, -0.1) is 0 Å². The largest absolute Gasteiger partial charge is 0.480 e. The first-order valence-corrected chi connectivity index (χ1v) is 8.63. The van der Waals surface area contributed by atoms with Crippen LogP contribution in [0.15, 0.2) is 24.3 Å². The van der Waals surface area contributed by atoms with Gasteiger partial charge in [0.2, 0.25) is 5.91 Å². The Kier molecular flexibility index (Phi) is 5.33. The molecule has 2 aliphatic heterocycles. The minimum atomic E-state index is -0.772. The summed E-state index contributed by atoms with van der Waals surface area (Å²) in [6.07, 6.45) is 2.27. The van der Waals surface area contributed by atoms with Crippen LogP contribution >= 0.6 is 0 Å². The van der Waals surface area contributed by atoms with Gasteiger partial charge in [-0.05, 0) is 43.0 Å². The summed E-state index contributed by atoms with van der Waals surface area (Å²) in [5.74, 6) is -0.535. The van der Waals surface area contributed by atoms with Gasteiger partial charge in [0.1, 0.15) is 0 Å². The molecule has 0 aliphatic carbocycles. The number of rotatable bonds is 5. The van der Waals surface area contributed by atoms with Crippen LogP contribution in [-0.2, 0) is 16.1 Å². The van der Waals surface area contributed by atoms with E-state index in [0.717, 1.165) is 31.5 Å². The lowest BCUT2D eigenvalue weighted by Gasteiger charge is -2.31. The van der Waals surface area contributed by atoms with Crippen LogP contribution in [-0.4, -0.2) is 59.0 Å². The van der Waals surface area contributed by atoms with Crippen molar-refractivity contribution in [1.82, 2.24) is 15.1 Å². The fourth-order valence-corrected chi connectivity index (χ4v) is 3.48. The fourth-order valence-electron chi connectivity index (χ4n) is 3.48. The third kappa shape index (κ3) is 4.57. The first kappa shape index (κ1) is 17.4. The summed E-state index contributed by atoms with van der Waals surface area (Å²) in [5, 5.41) is 11.2. The van der Waals surface area contributed by atoms with Crippen LogP contribution in [0.3, 0.4) is 0 Å². The number of amides is 3. The van der Waals surface area contributed by atoms with Crippen LogP contribution in [0, 0.1) is 0 Å². The Morgan fingerprint density at radius 3 is 2.40 bits per heavy atom. The Hall–Kier alpha value is -2.41. The second-order valence-corrected chi connectivity index (χ2v) is 6.71. The molecular formula is C18H23N3O4. The summed E-state index contributed by atoms with van der Waals surface area (Å²) >= 11 is 0. The number of carboxylic acid groups (broad SMARTS) is 1. The zero-order valence-corrected chi connectivity index (χ0v) is 14.1. The lowest BCUT2D eigenvalue weighted by Crippen LogP contribution is -2.48. The third-order valence-electron chi connectivity index (χ3n) is 4.91. The molecule has 0 radical (unpaired) electrons. The van der Waals surface area contributed by atoms with Crippen LogP contribution in [0.4, 0.5) is 4.79 Å². The van der Waals surface area contributed by atoms with Gasteiger partial charge < -0.3 is 10.0 Å². The highest BCUT2D eigenvalue weighted by atomic mass is 16.4. The molecule has 2 heterocycles. The highest BCUT2D eigenvalue weighted by Crippen LogP contribution is 2.28.